The van der Waals surface area contributed by atoms with Crippen LogP contribution in [0.15, 0.2) is 30.3 Å². The van der Waals surface area contributed by atoms with Gasteiger partial charge >= 0.3 is 0 Å². The van der Waals surface area contributed by atoms with E-state index in [2.05, 4.69) is 0 Å². The van der Waals surface area contributed by atoms with Gasteiger partial charge in [-0.2, -0.15) is 0 Å². The normalized spacial score (nSPS) is 12.1. The quantitative estimate of drug-likeness (QED) is 0.301. The van der Waals surface area contributed by atoms with Crippen molar-refractivity contribution in [2.45, 2.75) is 20.4 Å². The minimum atomic E-state index is 0.307. The van der Waals surface area contributed by atoms with E-state index in [0.717, 1.165) is 10.3 Å². The summed E-state index contributed by atoms with van der Waals surface area (Å²) in [6.07, 6.45) is 1.69. The highest BCUT2D eigenvalue weighted by atomic mass is 16.5. The van der Waals surface area contributed by atoms with Crippen LogP contribution in [0.5, 0.6) is 0 Å². The molecule has 13 heavy (non-hydrogen) atoms. The lowest BCUT2D eigenvalue weighted by atomic mass is 10.2. The molecule has 2 heteroatoms. The van der Waals surface area contributed by atoms with Gasteiger partial charge in [-0.1, -0.05) is 44.2 Å². The third kappa shape index (κ3) is 3.74. The Hall–Kier alpha value is -1.31. The Morgan fingerprint density at radius 2 is 1.92 bits per heavy atom. The summed E-state index contributed by atoms with van der Waals surface area (Å²) in [5.41, 5.74) is 1.05. The van der Waals surface area contributed by atoms with Gasteiger partial charge in [0.2, 0.25) is 0 Å². The third-order valence-electron chi connectivity index (χ3n) is 1.65. The summed E-state index contributed by atoms with van der Waals surface area (Å²) in [5.74, 6) is 0.307. The highest BCUT2D eigenvalue weighted by Crippen LogP contribution is 1.99. The molecule has 0 saturated heterocycles. The van der Waals surface area contributed by atoms with Crippen LogP contribution in [-0.4, -0.2) is 11.0 Å². The van der Waals surface area contributed by atoms with Crippen LogP contribution in [0.4, 0.5) is 0 Å². The zero-order chi connectivity index (χ0) is 9.68. The van der Waals surface area contributed by atoms with E-state index in [-0.39, 0.29) is 0 Å². The predicted octanol–water partition coefficient (Wildman–Crippen LogP) is 2.42. The van der Waals surface area contributed by atoms with Gasteiger partial charge in [-0.3, -0.25) is 0 Å². The van der Waals surface area contributed by atoms with Crippen molar-refractivity contribution in [2.75, 3.05) is 0 Å². The smallest absolute Gasteiger partial charge is 0.178 e. The Labute approximate surface area is 79.1 Å². The lowest BCUT2D eigenvalue weighted by Gasteiger charge is -2.04. The summed E-state index contributed by atoms with van der Waals surface area (Å²) in [5, 5.41) is 11.3. The van der Waals surface area contributed by atoms with Gasteiger partial charge in [-0.05, 0) is 0 Å². The molecular weight excluding hydrogens is 162 g/mol. The molecular formula is C11H15NO. The molecule has 70 valence electrons. The topological polar surface area (TPSA) is 26.1 Å². The van der Waals surface area contributed by atoms with Crippen molar-refractivity contribution in [1.29, 1.82) is 0 Å². The Morgan fingerprint density at radius 1 is 1.31 bits per heavy atom. The van der Waals surface area contributed by atoms with Crippen LogP contribution in [-0.2, 0) is 6.54 Å². The van der Waals surface area contributed by atoms with E-state index in [4.69, 9.17) is 0 Å². The minimum absolute atomic E-state index is 0.307. The van der Waals surface area contributed by atoms with Crippen LogP contribution < -0.4 is 0 Å². The number of hydrogen-bond donors (Lipinski definition) is 0. The van der Waals surface area contributed by atoms with Crippen molar-refractivity contribution in [3.05, 3.63) is 41.1 Å². The largest absolute Gasteiger partial charge is 0.624 e. The molecule has 0 saturated carbocycles. The second kappa shape index (κ2) is 4.65. The molecule has 0 spiro atoms. The van der Waals surface area contributed by atoms with Crippen molar-refractivity contribution < 1.29 is 4.74 Å². The number of rotatable bonds is 3. The molecule has 0 heterocycles. The summed E-state index contributed by atoms with van der Waals surface area (Å²) in [4.78, 5) is 0. The van der Waals surface area contributed by atoms with Gasteiger partial charge in [-0.15, -0.1) is 0 Å². The molecule has 1 aromatic rings. The molecule has 0 aliphatic carbocycles. The molecule has 1 rings (SSSR count). The molecule has 0 radical (unpaired) electrons. The molecule has 0 fully saturated rings. The lowest BCUT2D eigenvalue weighted by molar-refractivity contribution is -0.472. The van der Waals surface area contributed by atoms with Crippen molar-refractivity contribution >= 4 is 6.21 Å². The van der Waals surface area contributed by atoms with Crippen molar-refractivity contribution in [2.24, 2.45) is 5.92 Å². The summed E-state index contributed by atoms with van der Waals surface area (Å²) in [6, 6.07) is 9.75. The molecule has 2 nitrogen and oxygen atoms in total. The Kier molecular flexibility index (Phi) is 3.50. The SMILES string of the molecule is CC(C)/C=[N+](/[O-])Cc1ccccc1. The second-order valence-corrected chi connectivity index (χ2v) is 3.45. The van der Waals surface area contributed by atoms with Crippen LogP contribution >= 0.6 is 0 Å². The average Bonchev–Trinajstić information content (AvgIpc) is 2.04. The Balaban J connectivity index is 2.60. The fraction of sp³-hybridized carbons (Fsp3) is 0.364. The first-order valence-corrected chi connectivity index (χ1v) is 4.51. The summed E-state index contributed by atoms with van der Waals surface area (Å²) in [7, 11) is 0. The van der Waals surface area contributed by atoms with Gasteiger partial charge in [0.25, 0.3) is 0 Å². The molecule has 0 amide bonds. The Bertz CT molecular complexity index is 277. The van der Waals surface area contributed by atoms with Crippen LogP contribution in [0.2, 0.25) is 0 Å². The van der Waals surface area contributed by atoms with Crippen LogP contribution in [0.3, 0.4) is 0 Å². The van der Waals surface area contributed by atoms with E-state index in [1.54, 1.807) is 6.21 Å². The van der Waals surface area contributed by atoms with Crippen molar-refractivity contribution in [3.8, 4) is 0 Å². The predicted molar refractivity (Wildman–Crippen MR) is 54.7 cm³/mol. The first-order chi connectivity index (χ1) is 6.18. The number of hydrogen-bond acceptors (Lipinski definition) is 1. The average molecular weight is 177 g/mol. The standard InChI is InChI=1S/C11H15NO/c1-10(2)8-12(13)9-11-6-4-3-5-7-11/h3-8,10H,9H2,1-2H3/b12-8+. The summed E-state index contributed by atoms with van der Waals surface area (Å²) >= 11 is 0. The number of benzene rings is 1. The zero-order valence-corrected chi connectivity index (χ0v) is 8.10. The lowest BCUT2D eigenvalue weighted by Crippen LogP contribution is -2.08. The third-order valence-corrected chi connectivity index (χ3v) is 1.65. The number of hydroxylamine groups is 1. The van der Waals surface area contributed by atoms with E-state index >= 15 is 0 Å². The van der Waals surface area contributed by atoms with Crippen molar-refractivity contribution in [1.82, 2.24) is 0 Å². The Morgan fingerprint density at radius 3 is 2.46 bits per heavy atom. The fourth-order valence-electron chi connectivity index (χ4n) is 1.15. The molecule has 0 unspecified atom stereocenters. The van der Waals surface area contributed by atoms with Crippen LogP contribution in [0, 0.1) is 11.1 Å². The first kappa shape index (κ1) is 9.78. The first-order valence-electron chi connectivity index (χ1n) is 4.51. The molecule has 0 N–H and O–H groups in total. The van der Waals surface area contributed by atoms with Crippen molar-refractivity contribution in [3.63, 3.8) is 0 Å². The van der Waals surface area contributed by atoms with E-state index in [0.29, 0.717) is 12.5 Å². The molecule has 0 aliphatic heterocycles. The highest BCUT2D eigenvalue weighted by Gasteiger charge is 1.98. The minimum Gasteiger partial charge on any atom is -0.624 e. The number of nitrogens with zero attached hydrogens (tertiary/aromatic N) is 1. The maximum Gasteiger partial charge on any atom is 0.178 e. The van der Waals surface area contributed by atoms with E-state index in [1.807, 2.05) is 44.2 Å². The summed E-state index contributed by atoms with van der Waals surface area (Å²) in [6.45, 7) is 4.44. The van der Waals surface area contributed by atoms with E-state index in [9.17, 15) is 5.21 Å². The van der Waals surface area contributed by atoms with Gasteiger partial charge in [0.15, 0.2) is 12.8 Å². The van der Waals surface area contributed by atoms with Crippen LogP contribution in [0.25, 0.3) is 0 Å². The fourth-order valence-corrected chi connectivity index (χ4v) is 1.15. The maximum atomic E-state index is 11.3. The molecule has 0 aliphatic rings. The van der Waals surface area contributed by atoms with Crippen LogP contribution in [0.1, 0.15) is 19.4 Å². The monoisotopic (exact) mass is 177 g/mol. The van der Waals surface area contributed by atoms with Gasteiger partial charge in [0.1, 0.15) is 0 Å². The molecule has 0 atom stereocenters. The molecule has 0 aromatic heterocycles. The highest BCUT2D eigenvalue weighted by molar-refractivity contribution is 5.53. The zero-order valence-electron chi connectivity index (χ0n) is 8.10. The van der Waals surface area contributed by atoms with E-state index in [1.165, 1.54) is 0 Å². The van der Waals surface area contributed by atoms with Gasteiger partial charge in [0.05, 0.1) is 0 Å². The summed E-state index contributed by atoms with van der Waals surface area (Å²) < 4.78 is 0.986. The van der Waals surface area contributed by atoms with Gasteiger partial charge in [-0.25, -0.2) is 4.74 Å². The maximum absolute atomic E-state index is 11.3. The van der Waals surface area contributed by atoms with Gasteiger partial charge < -0.3 is 5.21 Å². The van der Waals surface area contributed by atoms with E-state index < -0.39 is 0 Å². The molecule has 1 aromatic carbocycles. The van der Waals surface area contributed by atoms with Gasteiger partial charge in [0, 0.05) is 11.5 Å². The molecule has 0 bridgehead atoms. The second-order valence-electron chi connectivity index (χ2n) is 3.45.